The highest BCUT2D eigenvalue weighted by Gasteiger charge is 2.24. The average molecular weight is 374 g/mol. The Balaban J connectivity index is 2.04. The highest BCUT2D eigenvalue weighted by atomic mass is 16.3. The van der Waals surface area contributed by atoms with Crippen molar-refractivity contribution in [3.8, 4) is 11.3 Å². The van der Waals surface area contributed by atoms with Crippen LogP contribution in [0.3, 0.4) is 0 Å². The Labute approximate surface area is 167 Å². The number of benzene rings is 1. The van der Waals surface area contributed by atoms with Gasteiger partial charge in [0.25, 0.3) is 0 Å². The van der Waals surface area contributed by atoms with Crippen molar-refractivity contribution in [1.82, 2.24) is 4.98 Å². The minimum absolute atomic E-state index is 0.246. The van der Waals surface area contributed by atoms with Crippen molar-refractivity contribution in [2.24, 2.45) is 12.5 Å². The fourth-order valence-corrected chi connectivity index (χ4v) is 4.19. The molecule has 3 aromatic heterocycles. The Kier molecular flexibility index (Phi) is 4.29. The van der Waals surface area contributed by atoms with Crippen LogP contribution in [0.5, 0.6) is 0 Å². The molecular weight excluding hydrogens is 344 g/mol. The Morgan fingerprint density at radius 2 is 1.75 bits per heavy atom. The lowest BCUT2D eigenvalue weighted by Crippen LogP contribution is -2.31. The zero-order chi connectivity index (χ0) is 20.2. The van der Waals surface area contributed by atoms with E-state index in [0.717, 1.165) is 34.4 Å². The summed E-state index contributed by atoms with van der Waals surface area (Å²) in [4.78, 5) is 4.63. The van der Waals surface area contributed by atoms with E-state index in [4.69, 9.17) is 4.42 Å². The Hall–Kier alpha value is -2.68. The molecule has 0 saturated carbocycles. The smallest absolute Gasteiger partial charge is 0.227 e. The molecule has 144 valence electrons. The van der Waals surface area contributed by atoms with Gasteiger partial charge in [0.2, 0.25) is 11.4 Å². The molecule has 4 aromatic rings. The lowest BCUT2D eigenvalue weighted by atomic mass is 9.87. The monoisotopic (exact) mass is 373 g/mol. The largest absolute Gasteiger partial charge is 0.437 e. The fourth-order valence-electron chi connectivity index (χ4n) is 4.19. The molecule has 0 unspecified atom stereocenters. The molecule has 0 bridgehead atoms. The maximum atomic E-state index is 6.35. The molecular formula is C25H29N2O+. The Morgan fingerprint density at radius 3 is 2.46 bits per heavy atom. The summed E-state index contributed by atoms with van der Waals surface area (Å²) >= 11 is 0. The van der Waals surface area contributed by atoms with Gasteiger partial charge >= 0.3 is 0 Å². The number of pyridine rings is 2. The van der Waals surface area contributed by atoms with E-state index >= 15 is 0 Å². The fraction of sp³-hybridized carbons (Fsp3) is 0.360. The maximum absolute atomic E-state index is 6.35. The zero-order valence-corrected chi connectivity index (χ0v) is 18.0. The SMILES string of the molecule is Cc1ccc2c(n1)oc1c(-c3cc(CC(C)(C)C)cc[n+]3C)c(C)cc(C)c12. The van der Waals surface area contributed by atoms with E-state index in [-0.39, 0.29) is 5.41 Å². The first-order valence-electron chi connectivity index (χ1n) is 9.93. The number of furan rings is 1. The van der Waals surface area contributed by atoms with Gasteiger partial charge in [-0.25, -0.2) is 9.55 Å². The molecule has 28 heavy (non-hydrogen) atoms. The standard InChI is InChI=1S/C25H29N2O/c1-15-12-16(2)22(20-13-18(10-11-27(20)7)14-25(4,5)6)23-21(15)19-9-8-17(3)26-24(19)28-23/h8-13H,14H2,1-7H3/q+1. The number of hydrogen-bond acceptors (Lipinski definition) is 2. The summed E-state index contributed by atoms with van der Waals surface area (Å²) in [5, 5.41) is 2.26. The highest BCUT2D eigenvalue weighted by molar-refractivity contribution is 6.10. The van der Waals surface area contributed by atoms with E-state index in [1.54, 1.807) is 0 Å². The number of rotatable bonds is 2. The molecule has 0 spiro atoms. The molecule has 0 N–H and O–H groups in total. The molecule has 1 aromatic carbocycles. The quantitative estimate of drug-likeness (QED) is 0.404. The number of fused-ring (bicyclic) bond motifs is 3. The predicted molar refractivity (Wildman–Crippen MR) is 115 cm³/mol. The first-order valence-corrected chi connectivity index (χ1v) is 9.93. The van der Waals surface area contributed by atoms with Crippen molar-refractivity contribution in [1.29, 1.82) is 0 Å². The van der Waals surface area contributed by atoms with Gasteiger partial charge in [-0.1, -0.05) is 26.8 Å². The zero-order valence-electron chi connectivity index (χ0n) is 18.0. The molecule has 3 nitrogen and oxygen atoms in total. The highest BCUT2D eigenvalue weighted by Crippen LogP contribution is 2.38. The molecule has 0 amide bonds. The van der Waals surface area contributed by atoms with Crippen LogP contribution in [0, 0.1) is 26.2 Å². The van der Waals surface area contributed by atoms with E-state index in [0.29, 0.717) is 0 Å². The number of aromatic nitrogens is 2. The molecule has 3 heteroatoms. The first kappa shape index (κ1) is 18.7. The summed E-state index contributed by atoms with van der Waals surface area (Å²) in [5.41, 5.74) is 9.02. The van der Waals surface area contributed by atoms with Crippen LogP contribution in [0.25, 0.3) is 33.3 Å². The van der Waals surface area contributed by atoms with Gasteiger partial charge in [-0.3, -0.25) is 0 Å². The van der Waals surface area contributed by atoms with E-state index < -0.39 is 0 Å². The first-order chi connectivity index (χ1) is 13.1. The van der Waals surface area contributed by atoms with E-state index in [9.17, 15) is 0 Å². The predicted octanol–water partition coefficient (Wildman–Crippen LogP) is 5.99. The van der Waals surface area contributed by atoms with Gasteiger partial charge in [-0.15, -0.1) is 0 Å². The van der Waals surface area contributed by atoms with Crippen molar-refractivity contribution in [2.45, 2.75) is 48.0 Å². The summed E-state index contributed by atoms with van der Waals surface area (Å²) in [6.45, 7) is 13.2. The molecule has 0 fully saturated rings. The van der Waals surface area contributed by atoms with Gasteiger partial charge in [-0.05, 0) is 61.4 Å². The molecule has 3 heterocycles. The molecule has 0 aliphatic heterocycles. The Bertz CT molecular complexity index is 1210. The second-order valence-corrected chi connectivity index (χ2v) is 9.27. The lowest BCUT2D eigenvalue weighted by Gasteiger charge is -2.18. The van der Waals surface area contributed by atoms with Crippen molar-refractivity contribution in [3.63, 3.8) is 0 Å². The van der Waals surface area contributed by atoms with Gasteiger partial charge < -0.3 is 4.42 Å². The van der Waals surface area contributed by atoms with Crippen molar-refractivity contribution >= 4 is 22.1 Å². The third-order valence-electron chi connectivity index (χ3n) is 5.35. The molecule has 0 atom stereocenters. The van der Waals surface area contributed by atoms with Gasteiger partial charge in [0.05, 0.1) is 5.56 Å². The minimum Gasteiger partial charge on any atom is -0.437 e. The summed E-state index contributed by atoms with van der Waals surface area (Å²) in [6, 6.07) is 11.0. The van der Waals surface area contributed by atoms with Crippen LogP contribution < -0.4 is 4.57 Å². The van der Waals surface area contributed by atoms with E-state index in [2.05, 4.69) is 87.7 Å². The van der Waals surface area contributed by atoms with Crippen LogP contribution in [0.15, 0.2) is 40.9 Å². The molecule has 0 saturated heterocycles. The lowest BCUT2D eigenvalue weighted by molar-refractivity contribution is -0.660. The second kappa shape index (κ2) is 6.44. The topological polar surface area (TPSA) is 29.9 Å². The van der Waals surface area contributed by atoms with Crippen molar-refractivity contribution < 1.29 is 8.98 Å². The van der Waals surface area contributed by atoms with E-state index in [1.165, 1.54) is 27.8 Å². The average Bonchev–Trinajstić information content (AvgIpc) is 2.94. The molecule has 0 aliphatic rings. The third-order valence-corrected chi connectivity index (χ3v) is 5.35. The van der Waals surface area contributed by atoms with Crippen LogP contribution in [-0.2, 0) is 13.5 Å². The van der Waals surface area contributed by atoms with Crippen molar-refractivity contribution in [2.75, 3.05) is 0 Å². The third kappa shape index (κ3) is 3.19. The molecule has 4 rings (SSSR count). The van der Waals surface area contributed by atoms with Gasteiger partial charge in [0.15, 0.2) is 11.8 Å². The van der Waals surface area contributed by atoms with E-state index in [1.807, 2.05) is 6.92 Å². The van der Waals surface area contributed by atoms with Crippen LogP contribution in [0.2, 0.25) is 0 Å². The molecule has 0 aliphatic carbocycles. The summed E-state index contributed by atoms with van der Waals surface area (Å²) in [6.07, 6.45) is 3.20. The summed E-state index contributed by atoms with van der Waals surface area (Å²) in [5.74, 6) is 0. The summed E-state index contributed by atoms with van der Waals surface area (Å²) < 4.78 is 8.54. The van der Waals surface area contributed by atoms with Gasteiger partial charge in [-0.2, -0.15) is 0 Å². The maximum Gasteiger partial charge on any atom is 0.227 e. The van der Waals surface area contributed by atoms with Crippen LogP contribution in [-0.4, -0.2) is 4.98 Å². The van der Waals surface area contributed by atoms with Crippen LogP contribution in [0.4, 0.5) is 0 Å². The molecule has 0 radical (unpaired) electrons. The second-order valence-electron chi connectivity index (χ2n) is 9.27. The van der Waals surface area contributed by atoms with Gasteiger partial charge in [0, 0.05) is 28.6 Å². The number of nitrogens with zero attached hydrogens (tertiary/aromatic N) is 2. The number of hydrogen-bond donors (Lipinski definition) is 0. The normalized spacial score (nSPS) is 12.2. The Morgan fingerprint density at radius 1 is 1.00 bits per heavy atom. The van der Waals surface area contributed by atoms with Gasteiger partial charge in [0.1, 0.15) is 7.05 Å². The van der Waals surface area contributed by atoms with Crippen LogP contribution in [0.1, 0.15) is 43.2 Å². The minimum atomic E-state index is 0.246. The summed E-state index contributed by atoms with van der Waals surface area (Å²) in [7, 11) is 2.10. The number of aryl methyl sites for hydroxylation is 4. The van der Waals surface area contributed by atoms with Crippen LogP contribution >= 0.6 is 0 Å². The van der Waals surface area contributed by atoms with Crippen molar-refractivity contribution in [3.05, 3.63) is 58.9 Å².